The van der Waals surface area contributed by atoms with Crippen molar-refractivity contribution in [2.75, 3.05) is 7.11 Å². The van der Waals surface area contributed by atoms with Gasteiger partial charge < -0.3 is 10.5 Å². The van der Waals surface area contributed by atoms with Gasteiger partial charge in [0.25, 0.3) is 0 Å². The Morgan fingerprint density at radius 1 is 1.41 bits per heavy atom. The highest BCUT2D eigenvalue weighted by Crippen LogP contribution is 2.35. The summed E-state index contributed by atoms with van der Waals surface area (Å²) in [6.07, 6.45) is 7.72. The lowest BCUT2D eigenvalue weighted by molar-refractivity contribution is 0.296. The number of ether oxygens (including phenoxy) is 1. The maximum atomic E-state index is 6.29. The average Bonchev–Trinajstić information content (AvgIpc) is 2.39. The summed E-state index contributed by atoms with van der Waals surface area (Å²) < 4.78 is 5.25. The van der Waals surface area contributed by atoms with Crippen LogP contribution in [0.25, 0.3) is 0 Å². The molecule has 0 amide bonds. The Labute approximate surface area is 107 Å². The van der Waals surface area contributed by atoms with Crippen LogP contribution >= 0.6 is 11.6 Å². The number of aromatic nitrogens is 2. The maximum absolute atomic E-state index is 6.29. The second-order valence-corrected chi connectivity index (χ2v) is 4.85. The van der Waals surface area contributed by atoms with Gasteiger partial charge in [-0.25, -0.2) is 9.97 Å². The van der Waals surface area contributed by atoms with Crippen LogP contribution in [-0.2, 0) is 0 Å². The summed E-state index contributed by atoms with van der Waals surface area (Å²) in [5.41, 5.74) is 7.02. The van der Waals surface area contributed by atoms with Crippen molar-refractivity contribution in [3.63, 3.8) is 0 Å². The third-order valence-corrected chi connectivity index (χ3v) is 3.63. The van der Waals surface area contributed by atoms with E-state index in [1.54, 1.807) is 13.3 Å². The second kappa shape index (κ2) is 5.65. The Morgan fingerprint density at radius 3 is 2.76 bits per heavy atom. The molecule has 1 fully saturated rings. The molecule has 1 atom stereocenters. The maximum Gasteiger partial charge on any atom is 0.222 e. The molecule has 1 heterocycles. The summed E-state index contributed by atoms with van der Waals surface area (Å²) in [5, 5.41) is 0.229. The minimum atomic E-state index is -0.106. The van der Waals surface area contributed by atoms with Crippen molar-refractivity contribution in [2.45, 2.75) is 38.1 Å². The largest absolute Gasteiger partial charge is 0.493 e. The summed E-state index contributed by atoms with van der Waals surface area (Å²) in [4.78, 5) is 8.14. The molecule has 1 aromatic heterocycles. The highest BCUT2D eigenvalue weighted by Gasteiger charge is 2.25. The van der Waals surface area contributed by atoms with Gasteiger partial charge in [0.05, 0.1) is 19.3 Å². The quantitative estimate of drug-likeness (QED) is 0.844. The predicted molar refractivity (Wildman–Crippen MR) is 67.1 cm³/mol. The van der Waals surface area contributed by atoms with Gasteiger partial charge in [0, 0.05) is 0 Å². The molecule has 1 aromatic rings. The van der Waals surface area contributed by atoms with E-state index in [1.165, 1.54) is 19.3 Å². The molecule has 0 saturated heterocycles. The number of nitrogens with zero attached hydrogens (tertiary/aromatic N) is 2. The topological polar surface area (TPSA) is 61.0 Å². The van der Waals surface area contributed by atoms with Crippen LogP contribution in [0.2, 0.25) is 5.28 Å². The van der Waals surface area contributed by atoms with Crippen LogP contribution in [0.5, 0.6) is 5.75 Å². The molecule has 2 rings (SSSR count). The van der Waals surface area contributed by atoms with Crippen LogP contribution in [0.4, 0.5) is 0 Å². The number of halogens is 1. The van der Waals surface area contributed by atoms with E-state index in [2.05, 4.69) is 9.97 Å². The minimum Gasteiger partial charge on any atom is -0.493 e. The molecule has 1 aliphatic rings. The van der Waals surface area contributed by atoms with Gasteiger partial charge in [0.1, 0.15) is 5.69 Å². The van der Waals surface area contributed by atoms with Crippen molar-refractivity contribution < 1.29 is 4.74 Å². The van der Waals surface area contributed by atoms with Gasteiger partial charge in [-0.05, 0) is 30.4 Å². The van der Waals surface area contributed by atoms with E-state index in [4.69, 9.17) is 22.1 Å². The number of hydrogen-bond donors (Lipinski definition) is 1. The van der Waals surface area contributed by atoms with Crippen LogP contribution in [0.1, 0.15) is 43.8 Å². The van der Waals surface area contributed by atoms with E-state index in [0.717, 1.165) is 18.5 Å². The lowest BCUT2D eigenvalue weighted by Crippen LogP contribution is -2.25. The molecule has 0 bridgehead atoms. The van der Waals surface area contributed by atoms with Crippen molar-refractivity contribution in [1.29, 1.82) is 0 Å². The van der Waals surface area contributed by atoms with Crippen LogP contribution in [0.3, 0.4) is 0 Å². The first-order chi connectivity index (χ1) is 8.22. The van der Waals surface area contributed by atoms with Gasteiger partial charge in [-0.2, -0.15) is 0 Å². The van der Waals surface area contributed by atoms with Crippen molar-refractivity contribution in [3.05, 3.63) is 17.2 Å². The third kappa shape index (κ3) is 2.87. The molecule has 94 valence electrons. The van der Waals surface area contributed by atoms with E-state index in [1.807, 2.05) is 0 Å². The van der Waals surface area contributed by atoms with Crippen LogP contribution in [0, 0.1) is 5.92 Å². The average molecular weight is 256 g/mol. The Bertz CT molecular complexity index is 380. The van der Waals surface area contributed by atoms with E-state index < -0.39 is 0 Å². The van der Waals surface area contributed by atoms with E-state index in [-0.39, 0.29) is 11.3 Å². The normalized spacial score (nSPS) is 19.0. The van der Waals surface area contributed by atoms with Gasteiger partial charge in [-0.15, -0.1) is 0 Å². The van der Waals surface area contributed by atoms with Crippen molar-refractivity contribution in [3.8, 4) is 5.75 Å². The molecule has 0 aliphatic heterocycles. The molecule has 4 nitrogen and oxygen atoms in total. The molecule has 5 heteroatoms. The van der Waals surface area contributed by atoms with Crippen LogP contribution < -0.4 is 10.5 Å². The SMILES string of the molecule is COc1cnc(Cl)nc1C(N)C1CCCCC1. The summed E-state index contributed by atoms with van der Waals surface area (Å²) in [5.74, 6) is 1.11. The highest BCUT2D eigenvalue weighted by atomic mass is 35.5. The molecule has 0 radical (unpaired) electrons. The summed E-state index contributed by atoms with van der Waals surface area (Å²) >= 11 is 5.82. The highest BCUT2D eigenvalue weighted by molar-refractivity contribution is 6.28. The molecule has 2 N–H and O–H groups in total. The molecule has 1 unspecified atom stereocenters. The van der Waals surface area contributed by atoms with E-state index in [0.29, 0.717) is 11.7 Å². The molecular formula is C12H18ClN3O. The summed E-state index contributed by atoms with van der Waals surface area (Å²) in [6, 6.07) is -0.106. The van der Waals surface area contributed by atoms with Gasteiger partial charge >= 0.3 is 0 Å². The van der Waals surface area contributed by atoms with Crippen LogP contribution in [-0.4, -0.2) is 17.1 Å². The number of rotatable bonds is 3. The fourth-order valence-corrected chi connectivity index (χ4v) is 2.61. The van der Waals surface area contributed by atoms with Gasteiger partial charge in [-0.3, -0.25) is 0 Å². The van der Waals surface area contributed by atoms with Gasteiger partial charge in [0.15, 0.2) is 5.75 Å². The molecule has 1 aliphatic carbocycles. The third-order valence-electron chi connectivity index (χ3n) is 3.45. The first-order valence-electron chi connectivity index (χ1n) is 6.04. The fourth-order valence-electron chi connectivity index (χ4n) is 2.47. The Hall–Kier alpha value is -0.870. The van der Waals surface area contributed by atoms with Gasteiger partial charge in [-0.1, -0.05) is 19.3 Å². The molecular weight excluding hydrogens is 238 g/mol. The molecule has 17 heavy (non-hydrogen) atoms. The molecule has 1 saturated carbocycles. The standard InChI is InChI=1S/C12H18ClN3O/c1-17-9-7-15-12(13)16-11(9)10(14)8-5-3-2-4-6-8/h7-8,10H,2-6,14H2,1H3. The summed E-state index contributed by atoms with van der Waals surface area (Å²) in [7, 11) is 1.60. The second-order valence-electron chi connectivity index (χ2n) is 4.52. The Kier molecular flexibility index (Phi) is 4.18. The zero-order valence-corrected chi connectivity index (χ0v) is 10.8. The lowest BCUT2D eigenvalue weighted by atomic mass is 9.83. The monoisotopic (exact) mass is 255 g/mol. The predicted octanol–water partition coefficient (Wildman–Crippen LogP) is 2.72. The van der Waals surface area contributed by atoms with Gasteiger partial charge in [0.2, 0.25) is 5.28 Å². The minimum absolute atomic E-state index is 0.106. The Morgan fingerprint density at radius 2 is 2.12 bits per heavy atom. The zero-order valence-electron chi connectivity index (χ0n) is 10.0. The van der Waals surface area contributed by atoms with Crippen molar-refractivity contribution in [1.82, 2.24) is 9.97 Å². The Balaban J connectivity index is 2.21. The van der Waals surface area contributed by atoms with E-state index in [9.17, 15) is 0 Å². The first kappa shape index (κ1) is 12.6. The number of methoxy groups -OCH3 is 1. The molecule has 0 spiro atoms. The summed E-state index contributed by atoms with van der Waals surface area (Å²) in [6.45, 7) is 0. The van der Waals surface area contributed by atoms with Crippen molar-refractivity contribution in [2.24, 2.45) is 11.7 Å². The lowest BCUT2D eigenvalue weighted by Gasteiger charge is -2.27. The number of hydrogen-bond acceptors (Lipinski definition) is 4. The first-order valence-corrected chi connectivity index (χ1v) is 6.42. The fraction of sp³-hybridized carbons (Fsp3) is 0.667. The smallest absolute Gasteiger partial charge is 0.222 e. The van der Waals surface area contributed by atoms with E-state index >= 15 is 0 Å². The van der Waals surface area contributed by atoms with Crippen molar-refractivity contribution >= 4 is 11.6 Å². The molecule has 0 aromatic carbocycles. The number of nitrogens with two attached hydrogens (primary N) is 1. The zero-order chi connectivity index (χ0) is 12.3. The van der Waals surface area contributed by atoms with Crippen LogP contribution in [0.15, 0.2) is 6.20 Å².